The van der Waals surface area contributed by atoms with Gasteiger partial charge in [0.25, 0.3) is 0 Å². The maximum atomic E-state index is 8.46. The van der Waals surface area contributed by atoms with E-state index in [0.29, 0.717) is 6.54 Å². The van der Waals surface area contributed by atoms with Crippen molar-refractivity contribution < 1.29 is 5.11 Å². The van der Waals surface area contributed by atoms with E-state index in [0.717, 1.165) is 10.9 Å². The number of thiophene rings is 1. The van der Waals surface area contributed by atoms with E-state index in [-0.39, 0.29) is 6.61 Å². The van der Waals surface area contributed by atoms with Crippen LogP contribution in [0.15, 0.2) is 12.1 Å². The molecule has 4 heteroatoms. The summed E-state index contributed by atoms with van der Waals surface area (Å²) in [6, 6.07) is 3.86. The van der Waals surface area contributed by atoms with Crippen LogP contribution in [0.5, 0.6) is 0 Å². The highest BCUT2D eigenvalue weighted by atomic mass is 35.5. The van der Waals surface area contributed by atoms with Crippen molar-refractivity contribution >= 4 is 22.9 Å². The zero-order chi connectivity index (χ0) is 8.10. The largest absolute Gasteiger partial charge is 0.395 e. The van der Waals surface area contributed by atoms with Crippen molar-refractivity contribution in [2.45, 2.75) is 6.54 Å². The van der Waals surface area contributed by atoms with Gasteiger partial charge in [-0.05, 0) is 12.1 Å². The fourth-order valence-electron chi connectivity index (χ4n) is 0.737. The molecule has 1 aromatic rings. The predicted molar refractivity (Wildman–Crippen MR) is 48.1 cm³/mol. The summed E-state index contributed by atoms with van der Waals surface area (Å²) in [6.45, 7) is 1.60. The Morgan fingerprint density at radius 2 is 2.36 bits per heavy atom. The van der Waals surface area contributed by atoms with Gasteiger partial charge < -0.3 is 10.4 Å². The van der Waals surface area contributed by atoms with E-state index in [1.54, 1.807) is 11.3 Å². The molecule has 0 unspecified atom stereocenters. The van der Waals surface area contributed by atoms with Crippen LogP contribution in [0.4, 0.5) is 0 Å². The highest BCUT2D eigenvalue weighted by molar-refractivity contribution is 7.16. The van der Waals surface area contributed by atoms with Crippen molar-refractivity contribution in [1.82, 2.24) is 5.32 Å². The third-order valence-corrected chi connectivity index (χ3v) is 2.45. The van der Waals surface area contributed by atoms with Crippen LogP contribution in [0, 0.1) is 0 Å². The minimum absolute atomic E-state index is 0.180. The third-order valence-electron chi connectivity index (χ3n) is 1.22. The normalized spacial score (nSPS) is 10.4. The van der Waals surface area contributed by atoms with Crippen molar-refractivity contribution in [3.63, 3.8) is 0 Å². The first kappa shape index (κ1) is 9.00. The van der Waals surface area contributed by atoms with Crippen LogP contribution in [0.25, 0.3) is 0 Å². The minimum atomic E-state index is 0.180. The third kappa shape index (κ3) is 3.20. The zero-order valence-corrected chi connectivity index (χ0v) is 7.58. The topological polar surface area (TPSA) is 32.3 Å². The standard InChI is InChI=1S/C7H10ClNOS/c8-7-2-1-6(11-7)5-9-3-4-10/h1-2,9-10H,3-5H2. The first-order valence-corrected chi connectivity index (χ1v) is 4.58. The van der Waals surface area contributed by atoms with Crippen molar-refractivity contribution in [2.24, 2.45) is 0 Å². The van der Waals surface area contributed by atoms with E-state index in [4.69, 9.17) is 16.7 Å². The maximum Gasteiger partial charge on any atom is 0.0931 e. The van der Waals surface area contributed by atoms with Crippen LogP contribution in [0.3, 0.4) is 0 Å². The second kappa shape index (κ2) is 4.72. The van der Waals surface area contributed by atoms with Crippen molar-refractivity contribution in [3.8, 4) is 0 Å². The molecule has 2 N–H and O–H groups in total. The quantitative estimate of drug-likeness (QED) is 0.707. The Hall–Kier alpha value is -0.0900. The van der Waals surface area contributed by atoms with E-state index in [1.807, 2.05) is 12.1 Å². The van der Waals surface area contributed by atoms with E-state index in [1.165, 1.54) is 4.88 Å². The molecule has 0 saturated carbocycles. The molecule has 2 nitrogen and oxygen atoms in total. The van der Waals surface area contributed by atoms with E-state index in [9.17, 15) is 0 Å². The lowest BCUT2D eigenvalue weighted by atomic mass is 10.4. The van der Waals surface area contributed by atoms with Crippen molar-refractivity contribution in [1.29, 1.82) is 0 Å². The molecule has 0 bridgehead atoms. The van der Waals surface area contributed by atoms with Crippen molar-refractivity contribution in [3.05, 3.63) is 21.3 Å². The summed E-state index contributed by atoms with van der Waals surface area (Å²) < 4.78 is 0.811. The Morgan fingerprint density at radius 1 is 1.55 bits per heavy atom. The Kier molecular flexibility index (Phi) is 3.86. The van der Waals surface area contributed by atoms with Crippen LogP contribution in [0.1, 0.15) is 4.88 Å². The van der Waals surface area contributed by atoms with E-state index >= 15 is 0 Å². The maximum absolute atomic E-state index is 8.46. The number of aliphatic hydroxyl groups is 1. The molecule has 1 heterocycles. The summed E-state index contributed by atoms with van der Waals surface area (Å²) in [7, 11) is 0. The number of halogens is 1. The highest BCUT2D eigenvalue weighted by Gasteiger charge is 1.95. The number of hydrogen-bond acceptors (Lipinski definition) is 3. The molecule has 1 aromatic heterocycles. The first-order valence-electron chi connectivity index (χ1n) is 3.38. The number of hydrogen-bond donors (Lipinski definition) is 2. The van der Waals surface area contributed by atoms with Gasteiger partial charge in [0.15, 0.2) is 0 Å². The van der Waals surface area contributed by atoms with Gasteiger partial charge in [0.1, 0.15) is 0 Å². The van der Waals surface area contributed by atoms with Gasteiger partial charge in [-0.2, -0.15) is 0 Å². The summed E-state index contributed by atoms with van der Waals surface area (Å²) in [5.74, 6) is 0. The smallest absolute Gasteiger partial charge is 0.0931 e. The molecule has 0 amide bonds. The highest BCUT2D eigenvalue weighted by Crippen LogP contribution is 2.20. The fourth-order valence-corrected chi connectivity index (χ4v) is 1.79. The predicted octanol–water partition coefficient (Wildman–Crippen LogP) is 1.48. The Labute approximate surface area is 74.8 Å². The van der Waals surface area contributed by atoms with Gasteiger partial charge in [0.2, 0.25) is 0 Å². The first-order chi connectivity index (χ1) is 5.33. The molecule has 0 aromatic carbocycles. The Bertz CT molecular complexity index is 214. The molecule has 0 aliphatic carbocycles. The summed E-state index contributed by atoms with van der Waals surface area (Å²) in [6.07, 6.45) is 0. The number of rotatable bonds is 4. The lowest BCUT2D eigenvalue weighted by Crippen LogP contribution is -2.16. The van der Waals surface area contributed by atoms with Crippen molar-refractivity contribution in [2.75, 3.05) is 13.2 Å². The van der Waals surface area contributed by atoms with Gasteiger partial charge >= 0.3 is 0 Å². The van der Waals surface area contributed by atoms with Crippen LogP contribution < -0.4 is 5.32 Å². The molecule has 0 spiro atoms. The molecule has 11 heavy (non-hydrogen) atoms. The van der Waals surface area contributed by atoms with E-state index < -0.39 is 0 Å². The van der Waals surface area contributed by atoms with Crippen LogP contribution in [-0.2, 0) is 6.54 Å². The average molecular weight is 192 g/mol. The Balaban J connectivity index is 2.27. The molecule has 0 aliphatic heterocycles. The number of nitrogens with one attached hydrogen (secondary N) is 1. The second-order valence-corrected chi connectivity index (χ2v) is 3.91. The molecule has 0 aliphatic rings. The average Bonchev–Trinajstić information content (AvgIpc) is 2.37. The molecule has 0 fully saturated rings. The molecule has 0 saturated heterocycles. The summed E-state index contributed by atoms with van der Waals surface area (Å²) >= 11 is 7.27. The van der Waals surface area contributed by atoms with Gasteiger partial charge in [-0.1, -0.05) is 11.6 Å². The van der Waals surface area contributed by atoms with Crippen LogP contribution in [-0.4, -0.2) is 18.3 Å². The fraction of sp³-hybridized carbons (Fsp3) is 0.429. The van der Waals surface area contributed by atoms with Gasteiger partial charge in [-0.25, -0.2) is 0 Å². The molecular formula is C7H10ClNOS. The lowest BCUT2D eigenvalue weighted by Gasteiger charge is -1.97. The summed E-state index contributed by atoms with van der Waals surface area (Å²) in [5, 5.41) is 11.5. The SMILES string of the molecule is OCCNCc1ccc(Cl)s1. The molecule has 62 valence electrons. The molecular weight excluding hydrogens is 182 g/mol. The van der Waals surface area contributed by atoms with Gasteiger partial charge in [-0.15, -0.1) is 11.3 Å². The van der Waals surface area contributed by atoms with Gasteiger partial charge in [0.05, 0.1) is 10.9 Å². The van der Waals surface area contributed by atoms with Crippen LogP contribution in [0.2, 0.25) is 4.34 Å². The van der Waals surface area contributed by atoms with Crippen LogP contribution >= 0.6 is 22.9 Å². The number of aliphatic hydroxyl groups excluding tert-OH is 1. The zero-order valence-electron chi connectivity index (χ0n) is 6.01. The summed E-state index contributed by atoms with van der Waals surface area (Å²) in [5.41, 5.74) is 0. The second-order valence-electron chi connectivity index (χ2n) is 2.11. The lowest BCUT2D eigenvalue weighted by molar-refractivity contribution is 0.292. The monoisotopic (exact) mass is 191 g/mol. The summed E-state index contributed by atoms with van der Waals surface area (Å²) in [4.78, 5) is 1.20. The molecule has 0 radical (unpaired) electrons. The Morgan fingerprint density at radius 3 is 2.91 bits per heavy atom. The minimum Gasteiger partial charge on any atom is -0.395 e. The van der Waals surface area contributed by atoms with Gasteiger partial charge in [0, 0.05) is 18.0 Å². The van der Waals surface area contributed by atoms with Gasteiger partial charge in [-0.3, -0.25) is 0 Å². The molecule has 0 atom stereocenters. The molecule has 1 rings (SSSR count). The van der Waals surface area contributed by atoms with E-state index in [2.05, 4.69) is 5.32 Å².